The fourth-order valence-electron chi connectivity index (χ4n) is 0.986. The van der Waals surface area contributed by atoms with Crippen molar-refractivity contribution in [1.29, 1.82) is 5.41 Å². The summed E-state index contributed by atoms with van der Waals surface area (Å²) in [6.07, 6.45) is -4.69. The number of alkyl halides is 3. The van der Waals surface area contributed by atoms with Gasteiger partial charge in [0.1, 0.15) is 5.71 Å². The Bertz CT molecular complexity index is 411. The summed E-state index contributed by atoms with van der Waals surface area (Å²) in [5.41, 5.74) is -0.530. The molecule has 2 nitrogen and oxygen atoms in total. The number of hydrogen-bond donors (Lipinski definition) is 1. The zero-order chi connectivity index (χ0) is 12.3. The topological polar surface area (TPSA) is 40.9 Å². The maximum absolute atomic E-state index is 12.0. The minimum Gasteiger partial charge on any atom is -0.300 e. The molecule has 0 saturated heterocycles. The van der Waals surface area contributed by atoms with E-state index in [9.17, 15) is 17.4 Å². The standard InChI is InChI=1S/C10H10F3NOS/c1-7-2-4-8(5-3-7)16(15)6-9(14)10(11,12)13/h2-5,14H,6H2,1H3. The molecule has 0 bridgehead atoms. The first-order chi connectivity index (χ1) is 7.30. The molecule has 0 spiro atoms. The van der Waals surface area contributed by atoms with Crippen molar-refractivity contribution in [3.63, 3.8) is 0 Å². The summed E-state index contributed by atoms with van der Waals surface area (Å²) < 4.78 is 47.6. The molecule has 0 aliphatic rings. The van der Waals surface area contributed by atoms with Crippen LogP contribution in [0.5, 0.6) is 0 Å². The van der Waals surface area contributed by atoms with Crippen molar-refractivity contribution < 1.29 is 17.4 Å². The third-order valence-electron chi connectivity index (χ3n) is 1.90. The number of halogens is 3. The molecule has 1 N–H and O–H groups in total. The molecule has 0 radical (unpaired) electrons. The smallest absolute Gasteiger partial charge is 0.300 e. The second-order valence-electron chi connectivity index (χ2n) is 3.28. The zero-order valence-electron chi connectivity index (χ0n) is 8.47. The van der Waals surface area contributed by atoms with Gasteiger partial charge in [0, 0.05) is 4.90 Å². The van der Waals surface area contributed by atoms with E-state index in [1.807, 2.05) is 6.92 Å². The molecule has 88 valence electrons. The van der Waals surface area contributed by atoms with Crippen molar-refractivity contribution >= 4 is 16.5 Å². The van der Waals surface area contributed by atoms with Crippen LogP contribution in [0.4, 0.5) is 13.2 Å². The maximum Gasteiger partial charge on any atom is 0.429 e. The van der Waals surface area contributed by atoms with Crippen LogP contribution in [0, 0.1) is 12.3 Å². The molecule has 6 heteroatoms. The number of hydrogen-bond acceptors (Lipinski definition) is 2. The first-order valence-electron chi connectivity index (χ1n) is 4.40. The minimum atomic E-state index is -4.69. The second-order valence-corrected chi connectivity index (χ2v) is 4.73. The van der Waals surface area contributed by atoms with Crippen LogP contribution in [0.2, 0.25) is 0 Å². The lowest BCUT2D eigenvalue weighted by Gasteiger charge is -2.07. The van der Waals surface area contributed by atoms with Crippen molar-refractivity contribution in [2.45, 2.75) is 18.0 Å². The highest BCUT2D eigenvalue weighted by molar-refractivity contribution is 7.85. The first kappa shape index (κ1) is 12.9. The average Bonchev–Trinajstić information content (AvgIpc) is 2.17. The van der Waals surface area contributed by atoms with Gasteiger partial charge in [-0.1, -0.05) is 17.7 Å². The van der Waals surface area contributed by atoms with Crippen LogP contribution in [-0.2, 0) is 10.8 Å². The lowest BCUT2D eigenvalue weighted by molar-refractivity contribution is -0.0597. The predicted octanol–water partition coefficient (Wildman–Crippen LogP) is 2.68. The van der Waals surface area contributed by atoms with Gasteiger partial charge < -0.3 is 0 Å². The van der Waals surface area contributed by atoms with Gasteiger partial charge in [0.2, 0.25) is 0 Å². The fourth-order valence-corrected chi connectivity index (χ4v) is 2.02. The monoisotopic (exact) mass is 249 g/mol. The SMILES string of the molecule is Cc1ccc(S(=O)CC(=N)C(F)(F)F)cc1. The number of benzene rings is 1. The highest BCUT2D eigenvalue weighted by Crippen LogP contribution is 2.18. The van der Waals surface area contributed by atoms with E-state index in [2.05, 4.69) is 0 Å². The fraction of sp³-hybridized carbons (Fsp3) is 0.300. The van der Waals surface area contributed by atoms with Crippen molar-refractivity contribution in [2.24, 2.45) is 0 Å². The van der Waals surface area contributed by atoms with Gasteiger partial charge in [-0.25, -0.2) is 0 Å². The van der Waals surface area contributed by atoms with E-state index in [0.717, 1.165) is 5.56 Å². The molecular formula is C10H10F3NOS. The second kappa shape index (κ2) is 4.78. The molecule has 0 fully saturated rings. The third kappa shape index (κ3) is 3.44. The zero-order valence-corrected chi connectivity index (χ0v) is 9.28. The summed E-state index contributed by atoms with van der Waals surface area (Å²) in [7, 11) is -1.81. The molecule has 0 saturated carbocycles. The quantitative estimate of drug-likeness (QED) is 0.822. The lowest BCUT2D eigenvalue weighted by Crippen LogP contribution is -2.27. The van der Waals surface area contributed by atoms with Crippen molar-refractivity contribution in [2.75, 3.05) is 5.75 Å². The van der Waals surface area contributed by atoms with Gasteiger partial charge in [0.05, 0.1) is 16.6 Å². The molecule has 1 aromatic carbocycles. The Morgan fingerprint density at radius 2 is 1.81 bits per heavy atom. The summed E-state index contributed by atoms with van der Waals surface area (Å²) >= 11 is 0. The summed E-state index contributed by atoms with van der Waals surface area (Å²) in [6, 6.07) is 6.36. The Labute approximate surface area is 93.4 Å². The largest absolute Gasteiger partial charge is 0.429 e. The Morgan fingerprint density at radius 3 is 2.25 bits per heavy atom. The summed E-state index contributed by atoms with van der Waals surface area (Å²) in [5, 5.41) is 6.74. The van der Waals surface area contributed by atoms with E-state index in [1.54, 1.807) is 12.1 Å². The van der Waals surface area contributed by atoms with E-state index in [1.165, 1.54) is 12.1 Å². The molecule has 0 heterocycles. The molecule has 1 unspecified atom stereocenters. The van der Waals surface area contributed by atoms with Gasteiger partial charge in [-0.2, -0.15) is 13.2 Å². The average molecular weight is 249 g/mol. The Hall–Kier alpha value is -1.17. The number of nitrogens with one attached hydrogen (secondary N) is 1. The Morgan fingerprint density at radius 1 is 1.31 bits per heavy atom. The van der Waals surface area contributed by atoms with Crippen molar-refractivity contribution in [3.8, 4) is 0 Å². The molecule has 0 aliphatic heterocycles. The molecule has 1 atom stereocenters. The van der Waals surface area contributed by atoms with Gasteiger partial charge >= 0.3 is 6.18 Å². The molecule has 0 aliphatic carbocycles. The third-order valence-corrected chi connectivity index (χ3v) is 3.25. The summed E-state index contributed by atoms with van der Waals surface area (Å²) in [4.78, 5) is 0.305. The summed E-state index contributed by atoms with van der Waals surface area (Å²) in [6.45, 7) is 1.82. The first-order valence-corrected chi connectivity index (χ1v) is 5.72. The Kier molecular flexibility index (Phi) is 3.85. The maximum atomic E-state index is 12.0. The van der Waals surface area contributed by atoms with Crippen LogP contribution in [0.25, 0.3) is 0 Å². The molecule has 0 amide bonds. The van der Waals surface area contributed by atoms with Gasteiger partial charge in [-0.3, -0.25) is 9.62 Å². The lowest BCUT2D eigenvalue weighted by atomic mass is 10.2. The Balaban J connectivity index is 2.74. The van der Waals surface area contributed by atoms with E-state index in [4.69, 9.17) is 5.41 Å². The predicted molar refractivity (Wildman–Crippen MR) is 56.2 cm³/mol. The van der Waals surface area contributed by atoms with Crippen LogP contribution >= 0.6 is 0 Å². The summed E-state index contributed by atoms with van der Waals surface area (Å²) in [5.74, 6) is -0.799. The van der Waals surface area contributed by atoms with Crippen LogP contribution in [-0.4, -0.2) is 21.8 Å². The van der Waals surface area contributed by atoms with Crippen molar-refractivity contribution in [1.82, 2.24) is 0 Å². The normalized spacial score (nSPS) is 13.5. The van der Waals surface area contributed by atoms with E-state index >= 15 is 0 Å². The van der Waals surface area contributed by atoms with Gasteiger partial charge in [0.25, 0.3) is 0 Å². The van der Waals surface area contributed by atoms with Gasteiger partial charge in [0.15, 0.2) is 0 Å². The highest BCUT2D eigenvalue weighted by atomic mass is 32.2. The number of rotatable bonds is 3. The van der Waals surface area contributed by atoms with E-state index in [0.29, 0.717) is 4.90 Å². The molecule has 1 rings (SSSR count). The van der Waals surface area contributed by atoms with Crippen LogP contribution < -0.4 is 0 Å². The van der Waals surface area contributed by atoms with Gasteiger partial charge in [-0.15, -0.1) is 0 Å². The molecule has 16 heavy (non-hydrogen) atoms. The van der Waals surface area contributed by atoms with E-state index < -0.39 is 28.4 Å². The molecule has 0 aromatic heterocycles. The highest BCUT2D eigenvalue weighted by Gasteiger charge is 2.35. The molecule has 1 aromatic rings. The van der Waals surface area contributed by atoms with Crippen LogP contribution in [0.3, 0.4) is 0 Å². The minimum absolute atomic E-state index is 0.305. The van der Waals surface area contributed by atoms with Crippen molar-refractivity contribution in [3.05, 3.63) is 29.8 Å². The van der Waals surface area contributed by atoms with E-state index in [-0.39, 0.29) is 0 Å². The van der Waals surface area contributed by atoms with Crippen LogP contribution in [0.15, 0.2) is 29.2 Å². The van der Waals surface area contributed by atoms with Crippen LogP contribution in [0.1, 0.15) is 5.56 Å². The van der Waals surface area contributed by atoms with Gasteiger partial charge in [-0.05, 0) is 19.1 Å². The molecular weight excluding hydrogens is 239 g/mol. The number of aryl methyl sites for hydroxylation is 1.